The van der Waals surface area contributed by atoms with E-state index in [1.165, 1.54) is 0 Å². The minimum Gasteiger partial charge on any atom is -0.361 e. The smallest absolute Gasteiger partial charge is 0.217 e. The predicted octanol–water partition coefficient (Wildman–Crippen LogP) is 3.24. The summed E-state index contributed by atoms with van der Waals surface area (Å²) in [7, 11) is -3.50. The number of nitrogens with one attached hydrogen (secondary N) is 1. The van der Waals surface area contributed by atoms with E-state index in [9.17, 15) is 8.42 Å². The van der Waals surface area contributed by atoms with Crippen molar-refractivity contribution in [1.82, 2.24) is 14.9 Å². The highest BCUT2D eigenvalue weighted by molar-refractivity contribution is 7.88. The topological polar surface area (TPSA) is 85.1 Å². The van der Waals surface area contributed by atoms with Crippen LogP contribution in [0.25, 0.3) is 11.3 Å². The molecule has 0 aliphatic heterocycles. The number of aryl methyl sites for hydroxylation is 1. The van der Waals surface area contributed by atoms with Gasteiger partial charge in [0.2, 0.25) is 10.0 Å². The SMILES string of the molecule is O=S(=O)(Cc1noc2c1CCCC2)NCc1cccc(-c2ccccn2)c1. The van der Waals surface area contributed by atoms with Crippen LogP contribution in [0.4, 0.5) is 0 Å². The van der Waals surface area contributed by atoms with Crippen molar-refractivity contribution in [1.29, 1.82) is 0 Å². The van der Waals surface area contributed by atoms with Crippen molar-refractivity contribution in [2.24, 2.45) is 0 Å². The number of benzene rings is 1. The highest BCUT2D eigenvalue weighted by Crippen LogP contribution is 2.25. The Morgan fingerprint density at radius 3 is 2.81 bits per heavy atom. The van der Waals surface area contributed by atoms with Gasteiger partial charge in [0.05, 0.1) is 5.69 Å². The summed E-state index contributed by atoms with van der Waals surface area (Å²) in [6.07, 6.45) is 5.55. The fraction of sp³-hybridized carbons (Fsp3) is 0.300. The van der Waals surface area contributed by atoms with E-state index in [4.69, 9.17) is 4.52 Å². The monoisotopic (exact) mass is 383 g/mol. The van der Waals surface area contributed by atoms with Crippen LogP contribution in [0.15, 0.2) is 53.2 Å². The van der Waals surface area contributed by atoms with Gasteiger partial charge in [0.25, 0.3) is 0 Å². The standard InChI is InChI=1S/C20H21N3O3S/c24-27(25,14-19-17-8-1-2-10-20(17)26-23-19)22-13-15-6-5-7-16(12-15)18-9-3-4-11-21-18/h3-7,9,11-12,22H,1-2,8,10,13-14H2. The van der Waals surface area contributed by atoms with Crippen LogP contribution in [0.3, 0.4) is 0 Å². The lowest BCUT2D eigenvalue weighted by molar-refractivity contribution is 0.369. The second-order valence-corrected chi connectivity index (χ2v) is 8.54. The molecule has 3 aromatic rings. The van der Waals surface area contributed by atoms with Gasteiger partial charge in [-0.2, -0.15) is 0 Å². The Balaban J connectivity index is 1.44. The number of sulfonamides is 1. The molecule has 7 heteroatoms. The lowest BCUT2D eigenvalue weighted by Crippen LogP contribution is -2.25. The molecule has 27 heavy (non-hydrogen) atoms. The van der Waals surface area contributed by atoms with E-state index in [1.54, 1.807) is 6.20 Å². The third kappa shape index (κ3) is 4.26. The highest BCUT2D eigenvalue weighted by Gasteiger charge is 2.23. The van der Waals surface area contributed by atoms with E-state index in [-0.39, 0.29) is 12.3 Å². The van der Waals surface area contributed by atoms with Crippen molar-refractivity contribution >= 4 is 10.0 Å². The number of hydrogen-bond acceptors (Lipinski definition) is 5. The van der Waals surface area contributed by atoms with Gasteiger partial charge in [-0.1, -0.05) is 29.4 Å². The molecule has 6 nitrogen and oxygen atoms in total. The zero-order chi connectivity index (χ0) is 18.7. The highest BCUT2D eigenvalue weighted by atomic mass is 32.2. The summed E-state index contributed by atoms with van der Waals surface area (Å²) in [5.41, 5.74) is 4.21. The maximum Gasteiger partial charge on any atom is 0.217 e. The third-order valence-electron chi connectivity index (χ3n) is 4.74. The van der Waals surface area contributed by atoms with Crippen molar-refractivity contribution in [3.05, 3.63) is 71.2 Å². The summed E-state index contributed by atoms with van der Waals surface area (Å²) in [6.45, 7) is 0.225. The largest absolute Gasteiger partial charge is 0.361 e. The predicted molar refractivity (Wildman–Crippen MR) is 102 cm³/mol. The molecule has 1 aromatic carbocycles. The van der Waals surface area contributed by atoms with Gasteiger partial charge < -0.3 is 4.52 Å². The number of pyridine rings is 1. The lowest BCUT2D eigenvalue weighted by atomic mass is 9.97. The molecule has 0 unspecified atom stereocenters. The van der Waals surface area contributed by atoms with E-state index in [0.717, 1.165) is 53.8 Å². The minimum atomic E-state index is -3.50. The van der Waals surface area contributed by atoms with Crippen LogP contribution in [0, 0.1) is 0 Å². The Labute approximate surface area is 158 Å². The number of fused-ring (bicyclic) bond motifs is 1. The average molecular weight is 383 g/mol. The second-order valence-electron chi connectivity index (χ2n) is 6.73. The molecular weight excluding hydrogens is 362 g/mol. The quantitative estimate of drug-likeness (QED) is 0.706. The van der Waals surface area contributed by atoms with E-state index in [2.05, 4.69) is 14.9 Å². The molecule has 0 radical (unpaired) electrons. The summed E-state index contributed by atoms with van der Waals surface area (Å²) < 4.78 is 33.0. The van der Waals surface area contributed by atoms with Gasteiger partial charge in [-0.3, -0.25) is 4.98 Å². The molecule has 0 fully saturated rings. The number of rotatable bonds is 6. The fourth-order valence-corrected chi connectivity index (χ4v) is 4.44. The van der Waals surface area contributed by atoms with E-state index in [0.29, 0.717) is 5.69 Å². The molecule has 0 saturated heterocycles. The van der Waals surface area contributed by atoms with Crippen LogP contribution in [-0.4, -0.2) is 18.6 Å². The molecule has 0 saturated carbocycles. The molecule has 140 valence electrons. The molecule has 2 heterocycles. The number of nitrogens with zero attached hydrogens (tertiary/aromatic N) is 2. The van der Waals surface area contributed by atoms with Gasteiger partial charge in [0.1, 0.15) is 17.2 Å². The maximum absolute atomic E-state index is 12.5. The molecule has 4 rings (SSSR count). The van der Waals surface area contributed by atoms with Gasteiger partial charge in [-0.05, 0) is 43.0 Å². The minimum absolute atomic E-state index is 0.147. The van der Waals surface area contributed by atoms with E-state index < -0.39 is 10.0 Å². The maximum atomic E-state index is 12.5. The van der Waals surface area contributed by atoms with Gasteiger partial charge in [0, 0.05) is 30.3 Å². The molecule has 0 amide bonds. The first-order valence-corrected chi connectivity index (χ1v) is 10.7. The van der Waals surface area contributed by atoms with Crippen LogP contribution in [0.2, 0.25) is 0 Å². The van der Waals surface area contributed by atoms with Crippen molar-refractivity contribution < 1.29 is 12.9 Å². The molecule has 1 aliphatic rings. The molecule has 0 atom stereocenters. The fourth-order valence-electron chi connectivity index (χ4n) is 3.36. The Hall–Kier alpha value is -2.51. The third-order valence-corrected chi connectivity index (χ3v) is 5.98. The molecule has 0 spiro atoms. The van der Waals surface area contributed by atoms with Crippen LogP contribution in [0.5, 0.6) is 0 Å². The van der Waals surface area contributed by atoms with Gasteiger partial charge in [0.15, 0.2) is 0 Å². The number of aromatic nitrogens is 2. The van der Waals surface area contributed by atoms with Gasteiger partial charge in [-0.25, -0.2) is 13.1 Å². The Kier molecular flexibility index (Phi) is 5.05. The van der Waals surface area contributed by atoms with Crippen LogP contribution in [0.1, 0.15) is 35.4 Å². The van der Waals surface area contributed by atoms with Crippen LogP contribution >= 0.6 is 0 Å². The van der Waals surface area contributed by atoms with Crippen LogP contribution < -0.4 is 4.72 Å². The van der Waals surface area contributed by atoms with E-state index >= 15 is 0 Å². The molecule has 1 aliphatic carbocycles. The second kappa shape index (κ2) is 7.62. The first-order chi connectivity index (χ1) is 13.1. The van der Waals surface area contributed by atoms with Crippen molar-refractivity contribution in [2.45, 2.75) is 38.0 Å². The Morgan fingerprint density at radius 1 is 1.07 bits per heavy atom. The lowest BCUT2D eigenvalue weighted by Gasteiger charge is -2.10. The molecule has 2 aromatic heterocycles. The van der Waals surface area contributed by atoms with Crippen molar-refractivity contribution in [2.75, 3.05) is 0 Å². The molecule has 1 N–H and O–H groups in total. The van der Waals surface area contributed by atoms with E-state index in [1.807, 2.05) is 42.5 Å². The Bertz CT molecular complexity index is 1030. The van der Waals surface area contributed by atoms with Crippen molar-refractivity contribution in [3.63, 3.8) is 0 Å². The van der Waals surface area contributed by atoms with Crippen molar-refractivity contribution in [3.8, 4) is 11.3 Å². The summed E-state index contributed by atoms with van der Waals surface area (Å²) in [5, 5.41) is 3.99. The molecule has 0 bridgehead atoms. The summed E-state index contributed by atoms with van der Waals surface area (Å²) in [6, 6.07) is 13.4. The van der Waals surface area contributed by atoms with Crippen LogP contribution in [-0.2, 0) is 35.2 Å². The summed E-state index contributed by atoms with van der Waals surface area (Å²) in [4.78, 5) is 4.33. The molecular formula is C20H21N3O3S. The van der Waals surface area contributed by atoms with Gasteiger partial charge >= 0.3 is 0 Å². The average Bonchev–Trinajstić information content (AvgIpc) is 3.10. The van der Waals surface area contributed by atoms with Gasteiger partial charge in [-0.15, -0.1) is 0 Å². The summed E-state index contributed by atoms with van der Waals surface area (Å²) in [5.74, 6) is 0.695. The first kappa shape index (κ1) is 17.9. The first-order valence-electron chi connectivity index (χ1n) is 9.05. The number of hydrogen-bond donors (Lipinski definition) is 1. The zero-order valence-corrected chi connectivity index (χ0v) is 15.7. The normalized spacial score (nSPS) is 14.1. The summed E-state index contributed by atoms with van der Waals surface area (Å²) >= 11 is 0. The zero-order valence-electron chi connectivity index (χ0n) is 14.9. The Morgan fingerprint density at radius 2 is 1.96 bits per heavy atom.